The topological polar surface area (TPSA) is 99.1 Å². The largest absolute Gasteiger partial charge is 0.441 e. The monoisotopic (exact) mass is 285 g/mol. The molecule has 0 aromatic rings. The molecule has 0 saturated heterocycles. The predicted octanol–water partition coefficient (Wildman–Crippen LogP) is -0.269. The van der Waals surface area contributed by atoms with E-state index in [-0.39, 0.29) is 0 Å². The number of rotatable bonds is 6. The Morgan fingerprint density at radius 3 is 2.29 bits per heavy atom. The molecule has 0 fully saturated rings. The molecule has 0 heterocycles. The van der Waals surface area contributed by atoms with Crippen LogP contribution in [0, 0.1) is 0 Å². The molecule has 0 bridgehead atoms. The van der Waals surface area contributed by atoms with Gasteiger partial charge < -0.3 is 9.57 Å². The number of halogens is 1. The van der Waals surface area contributed by atoms with Crippen molar-refractivity contribution in [2.75, 3.05) is 19.2 Å². The van der Waals surface area contributed by atoms with Crippen LogP contribution in [0.15, 0.2) is 5.16 Å². The summed E-state index contributed by atoms with van der Waals surface area (Å²) in [6.07, 6.45) is 0.890. The number of alkyl halides is 1. The van der Waals surface area contributed by atoms with E-state index in [4.69, 9.17) is 11.6 Å². The number of carbonyl (C=O) groups is 2. The Hall–Kier alpha value is -1.15. The normalized spacial score (nSPS) is 14.0. The summed E-state index contributed by atoms with van der Waals surface area (Å²) < 4.78 is 26.6. The van der Waals surface area contributed by atoms with Gasteiger partial charge >= 0.3 is 5.97 Å². The van der Waals surface area contributed by atoms with Crippen molar-refractivity contribution in [2.24, 2.45) is 5.16 Å². The standard InChI is InChI=1S/C8H12ClNO6S/c1-5(17(3,13)14)16-8(12)7(10-15-2)6(11)4-9/h5H,4H2,1-3H3/b10-7-. The van der Waals surface area contributed by atoms with Crippen LogP contribution >= 0.6 is 11.6 Å². The van der Waals surface area contributed by atoms with Crippen LogP contribution in [0.5, 0.6) is 0 Å². The molecule has 9 heteroatoms. The van der Waals surface area contributed by atoms with Crippen LogP contribution in [0.3, 0.4) is 0 Å². The molecule has 1 unspecified atom stereocenters. The summed E-state index contributed by atoms with van der Waals surface area (Å²) in [4.78, 5) is 26.9. The van der Waals surface area contributed by atoms with E-state index in [0.717, 1.165) is 20.3 Å². The Kier molecular flexibility index (Phi) is 6.11. The molecule has 0 aliphatic heterocycles. The SMILES string of the molecule is CO/N=C(/C(=O)CCl)C(=O)OC(C)S(C)(=O)=O. The maximum atomic E-state index is 11.4. The lowest BCUT2D eigenvalue weighted by molar-refractivity contribution is -0.137. The first-order valence-electron chi connectivity index (χ1n) is 4.34. The Balaban J connectivity index is 4.90. The third-order valence-corrected chi connectivity index (χ3v) is 3.18. The highest BCUT2D eigenvalue weighted by atomic mass is 35.5. The van der Waals surface area contributed by atoms with Crippen molar-refractivity contribution in [3.05, 3.63) is 0 Å². The average Bonchev–Trinajstić information content (AvgIpc) is 2.23. The molecule has 1 atom stereocenters. The highest BCUT2D eigenvalue weighted by molar-refractivity contribution is 7.91. The van der Waals surface area contributed by atoms with E-state index in [1.807, 2.05) is 0 Å². The first-order chi connectivity index (χ1) is 7.73. The van der Waals surface area contributed by atoms with Crippen LogP contribution in [-0.2, 0) is 29.0 Å². The van der Waals surface area contributed by atoms with Crippen molar-refractivity contribution in [1.29, 1.82) is 0 Å². The van der Waals surface area contributed by atoms with E-state index < -0.39 is 38.6 Å². The van der Waals surface area contributed by atoms with Gasteiger partial charge in [-0.05, 0) is 6.92 Å². The zero-order valence-electron chi connectivity index (χ0n) is 9.47. The van der Waals surface area contributed by atoms with Crippen LogP contribution in [0.1, 0.15) is 6.92 Å². The second-order valence-electron chi connectivity index (χ2n) is 2.98. The van der Waals surface area contributed by atoms with Gasteiger partial charge in [-0.15, -0.1) is 11.6 Å². The number of carbonyl (C=O) groups excluding carboxylic acids is 2. The highest BCUT2D eigenvalue weighted by Crippen LogP contribution is 2.02. The highest BCUT2D eigenvalue weighted by Gasteiger charge is 2.27. The number of oxime groups is 1. The van der Waals surface area contributed by atoms with Crippen molar-refractivity contribution in [3.63, 3.8) is 0 Å². The van der Waals surface area contributed by atoms with Gasteiger partial charge in [-0.2, -0.15) is 0 Å². The summed E-state index contributed by atoms with van der Waals surface area (Å²) in [7, 11) is -2.44. The molecule has 98 valence electrons. The molecule has 0 aromatic heterocycles. The Morgan fingerprint density at radius 2 is 1.94 bits per heavy atom. The van der Waals surface area contributed by atoms with E-state index in [1.165, 1.54) is 0 Å². The number of esters is 1. The predicted molar refractivity (Wildman–Crippen MR) is 60.6 cm³/mol. The maximum Gasteiger partial charge on any atom is 0.365 e. The van der Waals surface area contributed by atoms with Crippen LogP contribution in [0.25, 0.3) is 0 Å². The van der Waals surface area contributed by atoms with Gasteiger partial charge in [-0.25, -0.2) is 13.2 Å². The fourth-order valence-corrected chi connectivity index (χ4v) is 1.04. The van der Waals surface area contributed by atoms with Gasteiger partial charge in [0.1, 0.15) is 7.11 Å². The summed E-state index contributed by atoms with van der Waals surface area (Å²) >= 11 is 5.24. The van der Waals surface area contributed by atoms with E-state index >= 15 is 0 Å². The van der Waals surface area contributed by atoms with Crippen molar-refractivity contribution in [3.8, 4) is 0 Å². The maximum absolute atomic E-state index is 11.4. The minimum Gasteiger partial charge on any atom is -0.441 e. The molecule has 0 saturated carbocycles. The van der Waals surface area contributed by atoms with Crippen molar-refractivity contribution in [1.82, 2.24) is 0 Å². The number of hydrogen-bond acceptors (Lipinski definition) is 7. The van der Waals surface area contributed by atoms with Gasteiger partial charge in [0.15, 0.2) is 15.3 Å². The Labute approximate surface area is 104 Å². The van der Waals surface area contributed by atoms with Gasteiger partial charge in [0.2, 0.25) is 11.5 Å². The van der Waals surface area contributed by atoms with Crippen molar-refractivity contribution in [2.45, 2.75) is 12.4 Å². The van der Waals surface area contributed by atoms with Gasteiger partial charge in [-0.1, -0.05) is 5.16 Å². The van der Waals surface area contributed by atoms with E-state index in [1.54, 1.807) is 0 Å². The first-order valence-corrected chi connectivity index (χ1v) is 6.83. The molecule has 0 spiro atoms. The molecule has 0 aromatic carbocycles. The van der Waals surface area contributed by atoms with Crippen molar-refractivity contribution < 1.29 is 27.6 Å². The number of ether oxygens (including phenoxy) is 1. The molecule has 17 heavy (non-hydrogen) atoms. The average molecular weight is 286 g/mol. The number of nitrogens with zero attached hydrogens (tertiary/aromatic N) is 1. The summed E-state index contributed by atoms with van der Waals surface area (Å²) in [5.41, 5.74) is -2.07. The zero-order chi connectivity index (χ0) is 13.6. The molecule has 0 amide bonds. The van der Waals surface area contributed by atoms with Gasteiger partial charge in [-0.3, -0.25) is 4.79 Å². The molecule has 0 rings (SSSR count). The van der Waals surface area contributed by atoms with E-state index in [2.05, 4.69) is 14.7 Å². The number of ketones is 1. The fraction of sp³-hybridized carbons (Fsp3) is 0.625. The molecular formula is C8H12ClNO6S. The molecule has 0 N–H and O–H groups in total. The van der Waals surface area contributed by atoms with Crippen LogP contribution in [0.2, 0.25) is 0 Å². The lowest BCUT2D eigenvalue weighted by Crippen LogP contribution is -2.32. The smallest absolute Gasteiger partial charge is 0.365 e. The quantitative estimate of drug-likeness (QED) is 0.219. The van der Waals surface area contributed by atoms with Gasteiger partial charge in [0.05, 0.1) is 5.88 Å². The molecule has 7 nitrogen and oxygen atoms in total. The fourth-order valence-electron chi connectivity index (χ4n) is 0.651. The Bertz CT molecular complexity index is 429. The summed E-state index contributed by atoms with van der Waals surface area (Å²) in [6.45, 7) is 1.16. The molecular weight excluding hydrogens is 274 g/mol. The van der Waals surface area contributed by atoms with Crippen molar-refractivity contribution >= 4 is 38.9 Å². The number of hydrogen-bond donors (Lipinski definition) is 0. The minimum absolute atomic E-state index is 0.495. The third-order valence-electron chi connectivity index (χ3n) is 1.64. The number of Topliss-reactive ketones (excluding diaryl/α,β-unsaturated/α-hetero) is 1. The van der Waals surface area contributed by atoms with E-state index in [9.17, 15) is 18.0 Å². The summed E-state index contributed by atoms with van der Waals surface area (Å²) in [6, 6.07) is 0. The van der Waals surface area contributed by atoms with Crippen LogP contribution in [0.4, 0.5) is 0 Å². The zero-order valence-corrected chi connectivity index (χ0v) is 11.0. The molecule has 0 radical (unpaired) electrons. The first kappa shape index (κ1) is 15.9. The summed E-state index contributed by atoms with van der Waals surface area (Å²) in [5, 5.41) is 3.14. The molecule has 0 aliphatic carbocycles. The lowest BCUT2D eigenvalue weighted by Gasteiger charge is -2.10. The van der Waals surface area contributed by atoms with Gasteiger partial charge in [0, 0.05) is 6.26 Å². The van der Waals surface area contributed by atoms with Crippen LogP contribution < -0.4 is 0 Å². The minimum atomic E-state index is -3.56. The lowest BCUT2D eigenvalue weighted by atomic mass is 10.3. The third kappa shape index (κ3) is 5.14. The van der Waals surface area contributed by atoms with Gasteiger partial charge in [0.25, 0.3) is 0 Å². The summed E-state index contributed by atoms with van der Waals surface area (Å²) in [5.74, 6) is -2.51. The molecule has 0 aliphatic rings. The second kappa shape index (κ2) is 6.55. The number of sulfone groups is 1. The Morgan fingerprint density at radius 1 is 1.41 bits per heavy atom. The van der Waals surface area contributed by atoms with E-state index in [0.29, 0.717) is 0 Å². The second-order valence-corrected chi connectivity index (χ2v) is 5.57. The van der Waals surface area contributed by atoms with Crippen LogP contribution in [-0.4, -0.2) is 50.6 Å².